The van der Waals surface area contributed by atoms with Crippen molar-refractivity contribution >= 4 is 23.5 Å². The van der Waals surface area contributed by atoms with Gasteiger partial charge in [-0.2, -0.15) is 0 Å². The standard InChI is InChI=1S/C19H22ClN3O3/c1-23-11-15(10-17(23)19(25)26)22-18(24)9-7-14-6-8-16(21-14)12-2-4-13(20)5-3-12/h2-6,8,15,17,21H,7,9-11H2,1H3,(H,22,24)(H,25,26)/t15-,17+/m1/s1. The lowest BCUT2D eigenvalue weighted by Crippen LogP contribution is -2.36. The predicted molar refractivity (Wildman–Crippen MR) is 100 cm³/mol. The van der Waals surface area contributed by atoms with Crippen molar-refractivity contribution < 1.29 is 14.7 Å². The number of likely N-dealkylation sites (N-methyl/N-ethyl adjacent to an activating group) is 1. The molecule has 1 fully saturated rings. The second-order valence-corrected chi connectivity index (χ2v) is 7.13. The summed E-state index contributed by atoms with van der Waals surface area (Å²) in [4.78, 5) is 28.4. The Labute approximate surface area is 157 Å². The number of hydrogen-bond acceptors (Lipinski definition) is 3. The number of aromatic amines is 1. The van der Waals surface area contributed by atoms with Gasteiger partial charge >= 0.3 is 5.97 Å². The number of carboxylic acids is 1. The zero-order valence-electron chi connectivity index (χ0n) is 14.5. The average molecular weight is 376 g/mol. The van der Waals surface area contributed by atoms with Gasteiger partial charge in [0.15, 0.2) is 0 Å². The van der Waals surface area contributed by atoms with Crippen molar-refractivity contribution in [1.29, 1.82) is 0 Å². The smallest absolute Gasteiger partial charge is 0.320 e. The number of H-pyrrole nitrogens is 1. The maximum Gasteiger partial charge on any atom is 0.320 e. The Morgan fingerprint density at radius 3 is 2.65 bits per heavy atom. The first-order valence-electron chi connectivity index (χ1n) is 8.58. The number of halogens is 1. The molecule has 6 nitrogen and oxygen atoms in total. The van der Waals surface area contributed by atoms with Crippen LogP contribution >= 0.6 is 11.6 Å². The minimum atomic E-state index is -0.842. The highest BCUT2D eigenvalue weighted by Crippen LogP contribution is 2.21. The van der Waals surface area contributed by atoms with Crippen molar-refractivity contribution in [2.75, 3.05) is 13.6 Å². The number of benzene rings is 1. The molecule has 0 unspecified atom stereocenters. The zero-order chi connectivity index (χ0) is 18.7. The van der Waals surface area contributed by atoms with Crippen molar-refractivity contribution in [3.05, 3.63) is 47.1 Å². The summed E-state index contributed by atoms with van der Waals surface area (Å²) in [6.07, 6.45) is 1.41. The Morgan fingerprint density at radius 2 is 2.00 bits per heavy atom. The van der Waals surface area contributed by atoms with Crippen molar-refractivity contribution in [2.45, 2.75) is 31.3 Å². The monoisotopic (exact) mass is 375 g/mol. The van der Waals surface area contributed by atoms with E-state index >= 15 is 0 Å². The van der Waals surface area contributed by atoms with Crippen LogP contribution < -0.4 is 5.32 Å². The number of aryl methyl sites for hydroxylation is 1. The third-order valence-electron chi connectivity index (χ3n) is 4.72. The van der Waals surface area contributed by atoms with Crippen molar-refractivity contribution in [2.24, 2.45) is 0 Å². The Morgan fingerprint density at radius 1 is 1.27 bits per heavy atom. The van der Waals surface area contributed by atoms with E-state index in [4.69, 9.17) is 16.7 Å². The first-order chi connectivity index (χ1) is 12.4. The molecule has 0 aliphatic carbocycles. The fraction of sp³-hybridized carbons (Fsp3) is 0.368. The third kappa shape index (κ3) is 4.45. The molecule has 1 amide bonds. The normalized spacial score (nSPS) is 20.2. The van der Waals surface area contributed by atoms with Crippen LogP contribution in [0.5, 0.6) is 0 Å². The van der Waals surface area contributed by atoms with Crippen LogP contribution in [-0.4, -0.2) is 52.5 Å². The molecule has 7 heteroatoms. The topological polar surface area (TPSA) is 85.4 Å². The molecule has 26 heavy (non-hydrogen) atoms. The number of likely N-dealkylation sites (tertiary alicyclic amines) is 1. The summed E-state index contributed by atoms with van der Waals surface area (Å²) < 4.78 is 0. The molecular weight excluding hydrogens is 354 g/mol. The minimum absolute atomic E-state index is 0.0583. The molecule has 2 heterocycles. The first kappa shape index (κ1) is 18.5. The van der Waals surface area contributed by atoms with Crippen molar-refractivity contribution in [1.82, 2.24) is 15.2 Å². The van der Waals surface area contributed by atoms with Crippen LogP contribution in [0.2, 0.25) is 5.02 Å². The molecule has 0 bridgehead atoms. The molecule has 2 aromatic rings. The minimum Gasteiger partial charge on any atom is -0.480 e. The van der Waals surface area contributed by atoms with Gasteiger partial charge in [0.1, 0.15) is 6.04 Å². The number of carbonyl (C=O) groups is 2. The predicted octanol–water partition coefficient (Wildman–Crippen LogP) is 2.54. The van der Waals surface area contributed by atoms with E-state index in [1.54, 1.807) is 11.9 Å². The molecule has 1 aromatic heterocycles. The number of carboxylic acid groups (broad SMARTS) is 1. The Kier molecular flexibility index (Phi) is 5.64. The van der Waals surface area contributed by atoms with Gasteiger partial charge in [-0.1, -0.05) is 23.7 Å². The molecule has 3 N–H and O–H groups in total. The SMILES string of the molecule is CN1C[C@H](NC(=O)CCc2ccc(-c3ccc(Cl)cc3)[nH]2)C[C@H]1C(=O)O. The Balaban J connectivity index is 1.49. The summed E-state index contributed by atoms with van der Waals surface area (Å²) in [6, 6.07) is 10.9. The van der Waals surface area contributed by atoms with E-state index in [1.807, 2.05) is 36.4 Å². The quantitative estimate of drug-likeness (QED) is 0.724. The van der Waals surface area contributed by atoms with E-state index in [0.717, 1.165) is 17.0 Å². The highest BCUT2D eigenvalue weighted by atomic mass is 35.5. The van der Waals surface area contributed by atoms with Crippen LogP contribution in [0.25, 0.3) is 11.3 Å². The second-order valence-electron chi connectivity index (χ2n) is 6.70. The summed E-state index contributed by atoms with van der Waals surface area (Å²) in [7, 11) is 1.77. The van der Waals surface area contributed by atoms with Crippen LogP contribution in [0.3, 0.4) is 0 Å². The molecule has 138 valence electrons. The van der Waals surface area contributed by atoms with Gasteiger partial charge in [-0.25, -0.2) is 0 Å². The molecule has 1 saturated heterocycles. The molecule has 1 aliphatic heterocycles. The van der Waals surface area contributed by atoms with Crippen LogP contribution in [-0.2, 0) is 16.0 Å². The number of aromatic nitrogens is 1. The van der Waals surface area contributed by atoms with E-state index in [-0.39, 0.29) is 11.9 Å². The fourth-order valence-corrected chi connectivity index (χ4v) is 3.45. The van der Waals surface area contributed by atoms with Gasteiger partial charge in [0.2, 0.25) is 5.91 Å². The van der Waals surface area contributed by atoms with Crippen LogP contribution in [0.1, 0.15) is 18.5 Å². The number of aliphatic carboxylic acids is 1. The number of rotatable bonds is 6. The largest absolute Gasteiger partial charge is 0.480 e. The fourth-order valence-electron chi connectivity index (χ4n) is 3.32. The lowest BCUT2D eigenvalue weighted by atomic mass is 10.1. The maximum absolute atomic E-state index is 12.2. The van der Waals surface area contributed by atoms with Gasteiger partial charge in [-0.05, 0) is 49.7 Å². The van der Waals surface area contributed by atoms with Gasteiger partial charge < -0.3 is 15.4 Å². The summed E-state index contributed by atoms with van der Waals surface area (Å²) >= 11 is 5.90. The summed E-state index contributed by atoms with van der Waals surface area (Å²) in [5, 5.41) is 12.8. The van der Waals surface area contributed by atoms with E-state index < -0.39 is 12.0 Å². The number of nitrogens with one attached hydrogen (secondary N) is 2. The zero-order valence-corrected chi connectivity index (χ0v) is 15.3. The summed E-state index contributed by atoms with van der Waals surface area (Å²) in [6.45, 7) is 0.561. The summed E-state index contributed by atoms with van der Waals surface area (Å²) in [5.41, 5.74) is 3.01. The summed E-state index contributed by atoms with van der Waals surface area (Å²) in [5.74, 6) is -0.901. The number of hydrogen-bond donors (Lipinski definition) is 3. The van der Waals surface area contributed by atoms with Crippen LogP contribution in [0, 0.1) is 0 Å². The molecule has 0 spiro atoms. The van der Waals surface area contributed by atoms with Gasteiger partial charge in [-0.15, -0.1) is 0 Å². The molecular formula is C19H22ClN3O3. The lowest BCUT2D eigenvalue weighted by Gasteiger charge is -2.13. The van der Waals surface area contributed by atoms with Crippen molar-refractivity contribution in [3.63, 3.8) is 0 Å². The maximum atomic E-state index is 12.2. The number of amides is 1. The Bertz CT molecular complexity index is 788. The average Bonchev–Trinajstić information content (AvgIpc) is 3.20. The van der Waals surface area contributed by atoms with E-state index in [0.29, 0.717) is 30.8 Å². The molecule has 0 radical (unpaired) electrons. The van der Waals surface area contributed by atoms with Gasteiger partial charge in [0, 0.05) is 35.4 Å². The first-order valence-corrected chi connectivity index (χ1v) is 8.96. The van der Waals surface area contributed by atoms with Gasteiger partial charge in [0.25, 0.3) is 0 Å². The second kappa shape index (κ2) is 7.93. The molecule has 3 rings (SSSR count). The van der Waals surface area contributed by atoms with E-state index in [1.165, 1.54) is 0 Å². The van der Waals surface area contributed by atoms with Gasteiger partial charge in [0.05, 0.1) is 0 Å². The molecule has 0 saturated carbocycles. The van der Waals surface area contributed by atoms with Crippen molar-refractivity contribution in [3.8, 4) is 11.3 Å². The number of carbonyl (C=O) groups excluding carboxylic acids is 1. The third-order valence-corrected chi connectivity index (χ3v) is 4.97. The highest BCUT2D eigenvalue weighted by molar-refractivity contribution is 6.30. The highest BCUT2D eigenvalue weighted by Gasteiger charge is 2.34. The van der Waals surface area contributed by atoms with E-state index in [9.17, 15) is 9.59 Å². The van der Waals surface area contributed by atoms with Gasteiger partial charge in [-0.3, -0.25) is 14.5 Å². The number of nitrogens with zero attached hydrogens (tertiary/aromatic N) is 1. The molecule has 1 aromatic carbocycles. The lowest BCUT2D eigenvalue weighted by molar-refractivity contribution is -0.141. The molecule has 2 atom stereocenters. The van der Waals surface area contributed by atoms with Crippen LogP contribution in [0.15, 0.2) is 36.4 Å². The molecule has 1 aliphatic rings. The van der Waals surface area contributed by atoms with Crippen LogP contribution in [0.4, 0.5) is 0 Å². The van der Waals surface area contributed by atoms with E-state index in [2.05, 4.69) is 10.3 Å². The Hall–Kier alpha value is -2.31.